The van der Waals surface area contributed by atoms with Crippen molar-refractivity contribution in [2.45, 2.75) is 19.9 Å². The second kappa shape index (κ2) is 5.61. The average molecular weight is 258 g/mol. The zero-order valence-electron chi connectivity index (χ0n) is 11.2. The third kappa shape index (κ3) is 3.16. The molecule has 0 aliphatic heterocycles. The van der Waals surface area contributed by atoms with Gasteiger partial charge in [0.25, 0.3) is 5.91 Å². The lowest BCUT2D eigenvalue weighted by molar-refractivity contribution is 0.0751. The Morgan fingerprint density at radius 2 is 1.89 bits per heavy atom. The molecule has 4 heteroatoms. The van der Waals surface area contributed by atoms with E-state index in [1.807, 2.05) is 37.3 Å². The Kier molecular flexibility index (Phi) is 3.90. The molecule has 1 heterocycles. The Morgan fingerprint density at radius 3 is 2.47 bits per heavy atom. The molecule has 1 aromatic heterocycles. The summed E-state index contributed by atoms with van der Waals surface area (Å²) in [4.78, 5) is 13.8. The summed E-state index contributed by atoms with van der Waals surface area (Å²) in [7, 11) is 1.76. The van der Waals surface area contributed by atoms with Crippen LogP contribution < -0.4 is 5.73 Å². The maximum Gasteiger partial charge on any atom is 0.289 e. The molecule has 1 amide bonds. The van der Waals surface area contributed by atoms with Crippen LogP contribution in [-0.4, -0.2) is 17.9 Å². The van der Waals surface area contributed by atoms with E-state index in [0.717, 1.165) is 23.4 Å². The van der Waals surface area contributed by atoms with Gasteiger partial charge >= 0.3 is 0 Å². The standard InChI is InChI=1S/C15H18N2O2/c1-3-13-8-9-14(19-13)15(18)17(2)10-11-4-6-12(16)7-5-11/h4-9H,3,10,16H2,1-2H3. The van der Waals surface area contributed by atoms with Crippen LogP contribution in [0.4, 0.5) is 5.69 Å². The lowest BCUT2D eigenvalue weighted by atomic mass is 10.2. The van der Waals surface area contributed by atoms with Crippen molar-refractivity contribution >= 4 is 11.6 Å². The molecule has 0 saturated heterocycles. The van der Waals surface area contributed by atoms with Gasteiger partial charge in [0, 0.05) is 25.7 Å². The molecule has 0 aliphatic carbocycles. The number of carbonyl (C=O) groups excluding carboxylic acids is 1. The minimum Gasteiger partial charge on any atom is -0.456 e. The number of furan rings is 1. The Bertz CT molecular complexity index is 558. The minimum absolute atomic E-state index is 0.114. The molecule has 2 aromatic rings. The average Bonchev–Trinajstić information content (AvgIpc) is 2.89. The van der Waals surface area contributed by atoms with Crippen molar-refractivity contribution in [3.63, 3.8) is 0 Å². The first-order valence-electron chi connectivity index (χ1n) is 6.28. The van der Waals surface area contributed by atoms with Crippen LogP contribution in [0.15, 0.2) is 40.8 Å². The Balaban J connectivity index is 2.04. The highest BCUT2D eigenvalue weighted by molar-refractivity contribution is 5.91. The van der Waals surface area contributed by atoms with Crippen LogP contribution in [0, 0.1) is 0 Å². The van der Waals surface area contributed by atoms with Crippen molar-refractivity contribution in [3.05, 3.63) is 53.5 Å². The molecule has 19 heavy (non-hydrogen) atoms. The normalized spacial score (nSPS) is 10.4. The maximum atomic E-state index is 12.2. The molecule has 0 unspecified atom stereocenters. The van der Waals surface area contributed by atoms with Gasteiger partial charge in [-0.05, 0) is 29.8 Å². The molecule has 0 radical (unpaired) electrons. The molecule has 2 N–H and O–H groups in total. The number of rotatable bonds is 4. The van der Waals surface area contributed by atoms with Crippen molar-refractivity contribution in [3.8, 4) is 0 Å². The van der Waals surface area contributed by atoms with E-state index < -0.39 is 0 Å². The Morgan fingerprint density at radius 1 is 1.21 bits per heavy atom. The highest BCUT2D eigenvalue weighted by Gasteiger charge is 2.15. The van der Waals surface area contributed by atoms with E-state index in [0.29, 0.717) is 12.3 Å². The van der Waals surface area contributed by atoms with Crippen LogP contribution in [0.25, 0.3) is 0 Å². The fourth-order valence-electron chi connectivity index (χ4n) is 1.84. The van der Waals surface area contributed by atoms with Crippen molar-refractivity contribution in [2.24, 2.45) is 0 Å². The number of anilines is 1. The van der Waals surface area contributed by atoms with Gasteiger partial charge in [0.2, 0.25) is 0 Å². The molecule has 0 saturated carbocycles. The summed E-state index contributed by atoms with van der Waals surface area (Å²) in [5.41, 5.74) is 7.38. The molecule has 1 aromatic carbocycles. The van der Waals surface area contributed by atoms with Gasteiger partial charge in [-0.3, -0.25) is 4.79 Å². The summed E-state index contributed by atoms with van der Waals surface area (Å²) >= 11 is 0. The van der Waals surface area contributed by atoms with E-state index in [1.165, 1.54) is 0 Å². The third-order valence-electron chi connectivity index (χ3n) is 2.97. The quantitative estimate of drug-likeness (QED) is 0.858. The van der Waals surface area contributed by atoms with E-state index in [9.17, 15) is 4.79 Å². The maximum absolute atomic E-state index is 12.2. The van der Waals surface area contributed by atoms with E-state index in [-0.39, 0.29) is 5.91 Å². The molecule has 100 valence electrons. The first-order valence-corrected chi connectivity index (χ1v) is 6.28. The van der Waals surface area contributed by atoms with Gasteiger partial charge in [0.05, 0.1) is 0 Å². The third-order valence-corrected chi connectivity index (χ3v) is 2.97. The summed E-state index contributed by atoms with van der Waals surface area (Å²) in [5, 5.41) is 0. The van der Waals surface area contributed by atoms with Crippen LogP contribution in [-0.2, 0) is 13.0 Å². The molecular weight excluding hydrogens is 240 g/mol. The summed E-state index contributed by atoms with van der Waals surface area (Å²) in [6, 6.07) is 11.0. The van der Waals surface area contributed by atoms with Crippen molar-refractivity contribution in [1.82, 2.24) is 4.90 Å². The van der Waals surface area contributed by atoms with Gasteiger partial charge in [0.1, 0.15) is 5.76 Å². The first kappa shape index (κ1) is 13.2. The number of aryl methyl sites for hydroxylation is 1. The lowest BCUT2D eigenvalue weighted by Gasteiger charge is -2.15. The van der Waals surface area contributed by atoms with Crippen molar-refractivity contribution in [1.29, 1.82) is 0 Å². The van der Waals surface area contributed by atoms with Crippen LogP contribution in [0.3, 0.4) is 0 Å². The molecule has 0 spiro atoms. The van der Waals surface area contributed by atoms with Gasteiger partial charge < -0.3 is 15.1 Å². The topological polar surface area (TPSA) is 59.5 Å². The Hall–Kier alpha value is -2.23. The van der Waals surface area contributed by atoms with Crippen molar-refractivity contribution in [2.75, 3.05) is 12.8 Å². The number of carbonyl (C=O) groups is 1. The van der Waals surface area contributed by atoms with E-state index in [4.69, 9.17) is 10.2 Å². The highest BCUT2D eigenvalue weighted by Crippen LogP contribution is 2.13. The summed E-state index contributed by atoms with van der Waals surface area (Å²) in [6.07, 6.45) is 0.787. The van der Waals surface area contributed by atoms with E-state index in [1.54, 1.807) is 18.0 Å². The molecule has 0 bridgehead atoms. The second-order valence-corrected chi connectivity index (χ2v) is 4.52. The fourth-order valence-corrected chi connectivity index (χ4v) is 1.84. The zero-order chi connectivity index (χ0) is 13.8. The summed E-state index contributed by atoms with van der Waals surface area (Å²) in [6.45, 7) is 2.52. The largest absolute Gasteiger partial charge is 0.456 e. The molecule has 4 nitrogen and oxygen atoms in total. The predicted octanol–water partition coefficient (Wildman–Crippen LogP) is 2.70. The molecule has 2 rings (SSSR count). The molecule has 0 aliphatic rings. The summed E-state index contributed by atoms with van der Waals surface area (Å²) < 4.78 is 5.46. The smallest absolute Gasteiger partial charge is 0.289 e. The summed E-state index contributed by atoms with van der Waals surface area (Å²) in [5.74, 6) is 1.09. The number of nitrogen functional groups attached to an aromatic ring is 1. The highest BCUT2D eigenvalue weighted by atomic mass is 16.4. The fraction of sp³-hybridized carbons (Fsp3) is 0.267. The van der Waals surface area contributed by atoms with Crippen LogP contribution in [0.2, 0.25) is 0 Å². The van der Waals surface area contributed by atoms with Crippen LogP contribution >= 0.6 is 0 Å². The van der Waals surface area contributed by atoms with Gasteiger partial charge in [-0.1, -0.05) is 19.1 Å². The number of benzene rings is 1. The van der Waals surface area contributed by atoms with E-state index in [2.05, 4.69) is 0 Å². The predicted molar refractivity (Wildman–Crippen MR) is 74.7 cm³/mol. The van der Waals surface area contributed by atoms with Crippen LogP contribution in [0.5, 0.6) is 0 Å². The number of hydrogen-bond acceptors (Lipinski definition) is 3. The SMILES string of the molecule is CCc1ccc(C(=O)N(C)Cc2ccc(N)cc2)o1. The van der Waals surface area contributed by atoms with E-state index >= 15 is 0 Å². The molecular formula is C15H18N2O2. The van der Waals surface area contributed by atoms with Crippen molar-refractivity contribution < 1.29 is 9.21 Å². The Labute approximate surface area is 112 Å². The lowest BCUT2D eigenvalue weighted by Crippen LogP contribution is -2.25. The minimum atomic E-state index is -0.114. The van der Waals surface area contributed by atoms with Gasteiger partial charge in [-0.25, -0.2) is 0 Å². The first-order chi connectivity index (χ1) is 9.10. The zero-order valence-corrected chi connectivity index (χ0v) is 11.2. The number of nitrogens with zero attached hydrogens (tertiary/aromatic N) is 1. The number of amides is 1. The van der Waals surface area contributed by atoms with Crippen LogP contribution in [0.1, 0.15) is 28.8 Å². The molecule has 0 atom stereocenters. The molecule has 0 fully saturated rings. The number of nitrogens with two attached hydrogens (primary N) is 1. The van der Waals surface area contributed by atoms with Gasteiger partial charge in [-0.2, -0.15) is 0 Å². The van der Waals surface area contributed by atoms with Gasteiger partial charge in [-0.15, -0.1) is 0 Å². The van der Waals surface area contributed by atoms with Gasteiger partial charge in [0.15, 0.2) is 5.76 Å². The number of hydrogen-bond donors (Lipinski definition) is 1. The monoisotopic (exact) mass is 258 g/mol. The second-order valence-electron chi connectivity index (χ2n) is 4.52.